The van der Waals surface area contributed by atoms with Gasteiger partial charge in [0.05, 0.1) is 0 Å². The van der Waals surface area contributed by atoms with Crippen molar-refractivity contribution >= 4 is 0 Å². The van der Waals surface area contributed by atoms with E-state index in [1.54, 1.807) is 0 Å². The SMILES string of the molecule is CCCCCCCCCNC1CCCC(C)(C)C1. The number of hydrogen-bond donors (Lipinski definition) is 1. The Bertz CT molecular complexity index is 198. The summed E-state index contributed by atoms with van der Waals surface area (Å²) in [7, 11) is 0. The fraction of sp³-hybridized carbons (Fsp3) is 1.00. The van der Waals surface area contributed by atoms with Crippen LogP contribution in [0.1, 0.15) is 91.4 Å². The van der Waals surface area contributed by atoms with Gasteiger partial charge in [0.25, 0.3) is 0 Å². The molecule has 0 aromatic rings. The zero-order valence-corrected chi connectivity index (χ0v) is 13.1. The maximum Gasteiger partial charge on any atom is 0.00721 e. The molecule has 1 saturated carbocycles. The molecule has 1 nitrogen and oxygen atoms in total. The minimum absolute atomic E-state index is 0.579. The van der Waals surface area contributed by atoms with E-state index in [2.05, 4.69) is 26.1 Å². The van der Waals surface area contributed by atoms with Crippen molar-refractivity contribution in [2.45, 2.75) is 97.4 Å². The van der Waals surface area contributed by atoms with Gasteiger partial charge in [-0.15, -0.1) is 0 Å². The molecular formula is C17H35N. The molecule has 1 heteroatoms. The van der Waals surface area contributed by atoms with Crippen molar-refractivity contribution in [3.63, 3.8) is 0 Å². The monoisotopic (exact) mass is 253 g/mol. The van der Waals surface area contributed by atoms with Crippen LogP contribution in [-0.4, -0.2) is 12.6 Å². The van der Waals surface area contributed by atoms with Gasteiger partial charge in [0.1, 0.15) is 0 Å². The van der Waals surface area contributed by atoms with Gasteiger partial charge in [-0.05, 0) is 37.6 Å². The first-order valence-corrected chi connectivity index (χ1v) is 8.37. The number of rotatable bonds is 9. The lowest BCUT2D eigenvalue weighted by Crippen LogP contribution is -2.37. The number of hydrogen-bond acceptors (Lipinski definition) is 1. The Kier molecular flexibility index (Phi) is 7.97. The molecule has 1 aliphatic rings. The fourth-order valence-electron chi connectivity index (χ4n) is 3.26. The largest absolute Gasteiger partial charge is 0.314 e. The summed E-state index contributed by atoms with van der Waals surface area (Å²) in [5.74, 6) is 0. The highest BCUT2D eigenvalue weighted by atomic mass is 14.9. The molecule has 1 aliphatic carbocycles. The van der Waals surface area contributed by atoms with Crippen LogP contribution in [0.15, 0.2) is 0 Å². The van der Waals surface area contributed by atoms with Gasteiger partial charge in [0, 0.05) is 6.04 Å². The van der Waals surface area contributed by atoms with Crippen LogP contribution in [0.25, 0.3) is 0 Å². The highest BCUT2D eigenvalue weighted by Crippen LogP contribution is 2.34. The zero-order chi connectivity index (χ0) is 13.3. The minimum Gasteiger partial charge on any atom is -0.314 e. The highest BCUT2D eigenvalue weighted by molar-refractivity contribution is 4.83. The molecule has 18 heavy (non-hydrogen) atoms. The second-order valence-corrected chi connectivity index (χ2v) is 7.03. The molecule has 1 fully saturated rings. The maximum absolute atomic E-state index is 3.78. The second-order valence-electron chi connectivity index (χ2n) is 7.03. The molecule has 0 aliphatic heterocycles. The Morgan fingerprint density at radius 1 is 1.00 bits per heavy atom. The molecule has 0 aromatic carbocycles. The average Bonchev–Trinajstić information content (AvgIpc) is 2.31. The molecule has 0 saturated heterocycles. The van der Waals surface area contributed by atoms with Gasteiger partial charge in [0.2, 0.25) is 0 Å². The molecule has 0 amide bonds. The third kappa shape index (κ3) is 7.41. The first-order chi connectivity index (χ1) is 8.64. The first-order valence-electron chi connectivity index (χ1n) is 8.37. The van der Waals surface area contributed by atoms with Gasteiger partial charge < -0.3 is 5.32 Å². The van der Waals surface area contributed by atoms with Crippen molar-refractivity contribution < 1.29 is 0 Å². The Hall–Kier alpha value is -0.0400. The molecule has 1 N–H and O–H groups in total. The summed E-state index contributed by atoms with van der Waals surface area (Å²) in [6.07, 6.45) is 15.5. The van der Waals surface area contributed by atoms with Crippen LogP contribution in [0.3, 0.4) is 0 Å². The molecule has 0 radical (unpaired) electrons. The van der Waals surface area contributed by atoms with E-state index in [4.69, 9.17) is 0 Å². The van der Waals surface area contributed by atoms with Crippen LogP contribution in [0, 0.1) is 5.41 Å². The topological polar surface area (TPSA) is 12.0 Å². The van der Waals surface area contributed by atoms with Crippen LogP contribution in [-0.2, 0) is 0 Å². The van der Waals surface area contributed by atoms with Gasteiger partial charge in [-0.2, -0.15) is 0 Å². The third-order valence-electron chi connectivity index (χ3n) is 4.42. The summed E-state index contributed by atoms with van der Waals surface area (Å²) in [4.78, 5) is 0. The van der Waals surface area contributed by atoms with E-state index >= 15 is 0 Å². The Morgan fingerprint density at radius 3 is 2.33 bits per heavy atom. The summed E-state index contributed by atoms with van der Waals surface area (Å²) in [6, 6.07) is 0.800. The molecule has 1 rings (SSSR count). The normalized spacial score (nSPS) is 23.2. The minimum atomic E-state index is 0.579. The third-order valence-corrected chi connectivity index (χ3v) is 4.42. The van der Waals surface area contributed by atoms with Crippen LogP contribution >= 0.6 is 0 Å². The molecule has 1 unspecified atom stereocenters. The van der Waals surface area contributed by atoms with E-state index in [0.717, 1.165) is 6.04 Å². The van der Waals surface area contributed by atoms with Gasteiger partial charge in [-0.3, -0.25) is 0 Å². The van der Waals surface area contributed by atoms with E-state index in [1.807, 2.05) is 0 Å². The van der Waals surface area contributed by atoms with Crippen molar-refractivity contribution in [3.05, 3.63) is 0 Å². The van der Waals surface area contributed by atoms with Crippen molar-refractivity contribution in [1.29, 1.82) is 0 Å². The summed E-state index contributed by atoms with van der Waals surface area (Å²) in [6.45, 7) is 8.38. The van der Waals surface area contributed by atoms with Crippen LogP contribution < -0.4 is 5.32 Å². The number of unbranched alkanes of at least 4 members (excludes halogenated alkanes) is 6. The molecule has 108 valence electrons. The summed E-state index contributed by atoms with van der Waals surface area (Å²) >= 11 is 0. The second kappa shape index (κ2) is 8.96. The predicted molar refractivity (Wildman–Crippen MR) is 82.0 cm³/mol. The van der Waals surface area contributed by atoms with Crippen LogP contribution in [0.2, 0.25) is 0 Å². The van der Waals surface area contributed by atoms with Gasteiger partial charge >= 0.3 is 0 Å². The summed E-state index contributed by atoms with van der Waals surface area (Å²) in [5.41, 5.74) is 0.579. The molecular weight excluding hydrogens is 218 g/mol. The van der Waals surface area contributed by atoms with Gasteiger partial charge in [-0.1, -0.05) is 65.7 Å². The standard InChI is InChI=1S/C17H35N/c1-4-5-6-7-8-9-10-14-18-16-12-11-13-17(2,3)15-16/h16,18H,4-15H2,1-3H3. The van der Waals surface area contributed by atoms with Gasteiger partial charge in [0.15, 0.2) is 0 Å². The Balaban J connectivity index is 1.91. The van der Waals surface area contributed by atoms with E-state index < -0.39 is 0 Å². The predicted octanol–water partition coefficient (Wildman–Crippen LogP) is 5.30. The van der Waals surface area contributed by atoms with Crippen molar-refractivity contribution in [3.8, 4) is 0 Å². The summed E-state index contributed by atoms with van der Waals surface area (Å²) in [5, 5.41) is 3.78. The lowest BCUT2D eigenvalue weighted by atomic mass is 9.75. The van der Waals surface area contributed by atoms with E-state index in [9.17, 15) is 0 Å². The van der Waals surface area contributed by atoms with Crippen molar-refractivity contribution in [2.24, 2.45) is 5.41 Å². The van der Waals surface area contributed by atoms with Crippen LogP contribution in [0.5, 0.6) is 0 Å². The Morgan fingerprint density at radius 2 is 1.67 bits per heavy atom. The smallest absolute Gasteiger partial charge is 0.00721 e. The van der Waals surface area contributed by atoms with Gasteiger partial charge in [-0.25, -0.2) is 0 Å². The quantitative estimate of drug-likeness (QED) is 0.550. The zero-order valence-electron chi connectivity index (χ0n) is 13.1. The van der Waals surface area contributed by atoms with E-state index in [1.165, 1.54) is 77.2 Å². The summed E-state index contributed by atoms with van der Waals surface area (Å²) < 4.78 is 0. The van der Waals surface area contributed by atoms with E-state index in [0.29, 0.717) is 5.41 Å². The molecule has 0 heterocycles. The maximum atomic E-state index is 3.78. The first kappa shape index (κ1) is 16.0. The lowest BCUT2D eigenvalue weighted by Gasteiger charge is -2.35. The molecule has 0 aromatic heterocycles. The lowest BCUT2D eigenvalue weighted by molar-refractivity contribution is 0.198. The Labute approximate surface area is 115 Å². The van der Waals surface area contributed by atoms with Crippen molar-refractivity contribution in [1.82, 2.24) is 5.32 Å². The van der Waals surface area contributed by atoms with Crippen LogP contribution in [0.4, 0.5) is 0 Å². The van der Waals surface area contributed by atoms with Crippen molar-refractivity contribution in [2.75, 3.05) is 6.54 Å². The average molecular weight is 253 g/mol. The molecule has 0 spiro atoms. The molecule has 0 bridgehead atoms. The number of nitrogens with one attached hydrogen (secondary N) is 1. The fourth-order valence-corrected chi connectivity index (χ4v) is 3.26. The highest BCUT2D eigenvalue weighted by Gasteiger charge is 2.27. The van der Waals surface area contributed by atoms with E-state index in [-0.39, 0.29) is 0 Å². The molecule has 1 atom stereocenters.